The number of carbonyl (C=O) groups excluding carboxylic acids is 1. The van der Waals surface area contributed by atoms with Crippen LogP contribution in [-0.2, 0) is 28.0 Å². The van der Waals surface area contributed by atoms with Crippen molar-refractivity contribution >= 4 is 5.91 Å². The van der Waals surface area contributed by atoms with Gasteiger partial charge in [-0.25, -0.2) is 5.06 Å². The number of nitrogens with zero attached hydrogens (tertiary/aromatic N) is 4. The molecule has 0 radical (unpaired) electrons. The van der Waals surface area contributed by atoms with Crippen molar-refractivity contribution in [3.8, 4) is 0 Å². The minimum Gasteiger partial charge on any atom is -0.377 e. The molecular formula is C17H26N4O3. The first-order valence-electron chi connectivity index (χ1n) is 8.98. The molecule has 4 heterocycles. The molecule has 0 N–H and O–H groups in total. The van der Waals surface area contributed by atoms with E-state index in [1.54, 1.807) is 5.06 Å². The third kappa shape index (κ3) is 3.20. The van der Waals surface area contributed by atoms with Crippen LogP contribution >= 0.6 is 0 Å². The average Bonchev–Trinajstić information content (AvgIpc) is 3.24. The maximum atomic E-state index is 12.8. The molecule has 0 aromatic carbocycles. The van der Waals surface area contributed by atoms with Crippen LogP contribution in [0.1, 0.15) is 31.2 Å². The van der Waals surface area contributed by atoms with Gasteiger partial charge in [0.05, 0.1) is 24.8 Å². The van der Waals surface area contributed by atoms with Crippen molar-refractivity contribution in [3.63, 3.8) is 0 Å². The number of fused-ring (bicyclic) bond motifs is 1. The van der Waals surface area contributed by atoms with Crippen molar-refractivity contribution in [1.29, 1.82) is 0 Å². The summed E-state index contributed by atoms with van der Waals surface area (Å²) in [7, 11) is 1.93. The van der Waals surface area contributed by atoms with E-state index >= 15 is 0 Å². The van der Waals surface area contributed by atoms with Crippen molar-refractivity contribution in [1.82, 2.24) is 19.7 Å². The van der Waals surface area contributed by atoms with E-state index in [1.165, 1.54) is 5.56 Å². The van der Waals surface area contributed by atoms with Crippen molar-refractivity contribution < 1.29 is 14.4 Å². The molecule has 24 heavy (non-hydrogen) atoms. The predicted octanol–water partition coefficient (Wildman–Crippen LogP) is 0.953. The molecule has 7 nitrogen and oxygen atoms in total. The average molecular weight is 334 g/mol. The first-order valence-corrected chi connectivity index (χ1v) is 8.98. The number of hydrogen-bond donors (Lipinski definition) is 0. The van der Waals surface area contributed by atoms with E-state index in [4.69, 9.17) is 9.57 Å². The SMILES string of the molecule is Cn1cc(CN2C[C@H](C(=O)N3CCCCO3)C[C@@H]3OCC[C@@H]32)cn1. The number of aromatic nitrogens is 2. The molecule has 3 aliphatic heterocycles. The lowest BCUT2D eigenvalue weighted by Crippen LogP contribution is -2.53. The zero-order chi connectivity index (χ0) is 16.5. The second-order valence-electron chi connectivity index (χ2n) is 7.13. The monoisotopic (exact) mass is 334 g/mol. The van der Waals surface area contributed by atoms with Crippen molar-refractivity contribution in [2.45, 2.75) is 44.4 Å². The van der Waals surface area contributed by atoms with Crippen molar-refractivity contribution in [3.05, 3.63) is 18.0 Å². The Morgan fingerprint density at radius 3 is 3.04 bits per heavy atom. The number of hydroxylamine groups is 2. The highest BCUT2D eigenvalue weighted by Gasteiger charge is 2.43. The topological polar surface area (TPSA) is 59.8 Å². The summed E-state index contributed by atoms with van der Waals surface area (Å²) in [6.45, 7) is 3.76. The molecule has 0 spiro atoms. The molecule has 3 fully saturated rings. The highest BCUT2D eigenvalue weighted by atomic mass is 16.7. The second kappa shape index (κ2) is 6.82. The largest absolute Gasteiger partial charge is 0.377 e. The van der Waals surface area contributed by atoms with Gasteiger partial charge in [0.15, 0.2) is 0 Å². The molecule has 4 rings (SSSR count). The molecule has 1 aromatic heterocycles. The van der Waals surface area contributed by atoms with E-state index in [2.05, 4.69) is 10.00 Å². The summed E-state index contributed by atoms with van der Waals surface area (Å²) in [5, 5.41) is 5.85. The Hall–Kier alpha value is -1.44. The van der Waals surface area contributed by atoms with E-state index in [-0.39, 0.29) is 17.9 Å². The third-order valence-corrected chi connectivity index (χ3v) is 5.36. The molecule has 3 aliphatic rings. The van der Waals surface area contributed by atoms with Crippen LogP contribution in [0.25, 0.3) is 0 Å². The molecule has 132 valence electrons. The summed E-state index contributed by atoms with van der Waals surface area (Å²) in [5.74, 6) is 0.0824. The van der Waals surface area contributed by atoms with Gasteiger partial charge in [-0.3, -0.25) is 19.2 Å². The van der Waals surface area contributed by atoms with Crippen LogP contribution in [0.15, 0.2) is 12.4 Å². The quantitative estimate of drug-likeness (QED) is 0.824. The van der Waals surface area contributed by atoms with Gasteiger partial charge >= 0.3 is 0 Å². The normalized spacial score (nSPS) is 31.2. The Balaban J connectivity index is 1.47. The van der Waals surface area contributed by atoms with Crippen molar-refractivity contribution in [2.24, 2.45) is 13.0 Å². The Morgan fingerprint density at radius 2 is 2.29 bits per heavy atom. The molecule has 1 amide bonds. The summed E-state index contributed by atoms with van der Waals surface area (Å²) in [5.41, 5.74) is 1.19. The standard InChI is InChI=1S/C17H26N4O3/c1-19-10-13(9-18-19)11-20-12-14(8-16-15(20)4-7-23-16)17(22)21-5-2-3-6-24-21/h9-10,14-16H,2-8,11-12H2,1H3/t14-,15+,16+/m1/s1. The minimum atomic E-state index is -0.0425. The summed E-state index contributed by atoms with van der Waals surface area (Å²) in [4.78, 5) is 20.8. The Morgan fingerprint density at radius 1 is 1.38 bits per heavy atom. The fourth-order valence-electron chi connectivity index (χ4n) is 4.18. The maximum absolute atomic E-state index is 12.8. The molecule has 1 aromatic rings. The lowest BCUT2D eigenvalue weighted by atomic mass is 9.89. The van der Waals surface area contributed by atoms with Crippen LogP contribution in [0.5, 0.6) is 0 Å². The minimum absolute atomic E-state index is 0.0425. The zero-order valence-corrected chi connectivity index (χ0v) is 14.3. The Bertz CT molecular complexity index is 584. The molecule has 0 saturated carbocycles. The van der Waals surface area contributed by atoms with Crippen LogP contribution in [0.2, 0.25) is 0 Å². The summed E-state index contributed by atoms with van der Waals surface area (Å²) in [6, 6.07) is 0.413. The molecule has 0 bridgehead atoms. The zero-order valence-electron chi connectivity index (χ0n) is 14.3. The molecule has 3 atom stereocenters. The van der Waals surface area contributed by atoms with Crippen molar-refractivity contribution in [2.75, 3.05) is 26.3 Å². The van der Waals surface area contributed by atoms with Crippen LogP contribution in [0.3, 0.4) is 0 Å². The number of piperidine rings is 1. The molecule has 0 unspecified atom stereocenters. The number of aryl methyl sites for hydroxylation is 1. The van der Waals surface area contributed by atoms with Gasteiger partial charge < -0.3 is 4.74 Å². The van der Waals surface area contributed by atoms with Gasteiger partial charge in [0, 0.05) is 51.1 Å². The smallest absolute Gasteiger partial charge is 0.250 e. The molecule has 0 aliphatic carbocycles. The predicted molar refractivity (Wildman–Crippen MR) is 86.8 cm³/mol. The third-order valence-electron chi connectivity index (χ3n) is 5.36. The van der Waals surface area contributed by atoms with Crippen LogP contribution in [0, 0.1) is 5.92 Å². The summed E-state index contributed by atoms with van der Waals surface area (Å²) >= 11 is 0. The maximum Gasteiger partial charge on any atom is 0.250 e. The van der Waals surface area contributed by atoms with E-state index in [1.807, 2.05) is 24.1 Å². The van der Waals surface area contributed by atoms with E-state index in [9.17, 15) is 4.79 Å². The fourth-order valence-corrected chi connectivity index (χ4v) is 4.18. The fraction of sp³-hybridized carbons (Fsp3) is 0.765. The van der Waals surface area contributed by atoms with E-state index in [0.717, 1.165) is 45.4 Å². The first kappa shape index (κ1) is 16.1. The van der Waals surface area contributed by atoms with E-state index < -0.39 is 0 Å². The van der Waals surface area contributed by atoms with Gasteiger partial charge in [-0.2, -0.15) is 5.10 Å². The number of carbonyl (C=O) groups is 1. The number of hydrogen-bond acceptors (Lipinski definition) is 5. The second-order valence-corrected chi connectivity index (χ2v) is 7.13. The van der Waals surface area contributed by atoms with Crippen LogP contribution in [0.4, 0.5) is 0 Å². The van der Waals surface area contributed by atoms with Crippen LogP contribution < -0.4 is 0 Å². The Kier molecular flexibility index (Phi) is 4.56. The van der Waals surface area contributed by atoms with Gasteiger partial charge in [-0.1, -0.05) is 0 Å². The lowest BCUT2D eigenvalue weighted by molar-refractivity contribution is -0.204. The lowest BCUT2D eigenvalue weighted by Gasteiger charge is -2.41. The highest BCUT2D eigenvalue weighted by Crippen LogP contribution is 2.33. The van der Waals surface area contributed by atoms with Gasteiger partial charge in [-0.05, 0) is 25.7 Å². The highest BCUT2D eigenvalue weighted by molar-refractivity contribution is 5.78. The summed E-state index contributed by atoms with van der Waals surface area (Å²) < 4.78 is 7.75. The molecular weight excluding hydrogens is 308 g/mol. The number of likely N-dealkylation sites (tertiary alicyclic amines) is 1. The van der Waals surface area contributed by atoms with Gasteiger partial charge in [0.2, 0.25) is 0 Å². The first-order chi connectivity index (χ1) is 11.7. The van der Waals surface area contributed by atoms with Gasteiger partial charge in [0.1, 0.15) is 0 Å². The van der Waals surface area contributed by atoms with E-state index in [0.29, 0.717) is 19.2 Å². The number of ether oxygens (including phenoxy) is 1. The molecule has 7 heteroatoms. The molecule has 3 saturated heterocycles. The van der Waals surface area contributed by atoms with Crippen LogP contribution in [-0.4, -0.2) is 64.1 Å². The summed E-state index contributed by atoms with van der Waals surface area (Å²) in [6.07, 6.45) is 8.04. The van der Waals surface area contributed by atoms with Gasteiger partial charge in [0.25, 0.3) is 5.91 Å². The van der Waals surface area contributed by atoms with Gasteiger partial charge in [-0.15, -0.1) is 0 Å². The number of rotatable bonds is 3. The Labute approximate surface area is 142 Å². The number of amides is 1.